The summed E-state index contributed by atoms with van der Waals surface area (Å²) in [5.41, 5.74) is 4.05. The summed E-state index contributed by atoms with van der Waals surface area (Å²) in [4.78, 5) is 12.0. The van der Waals surface area contributed by atoms with Crippen LogP contribution < -0.4 is 5.11 Å². The van der Waals surface area contributed by atoms with Crippen molar-refractivity contribution in [3.8, 4) is 16.3 Å². The van der Waals surface area contributed by atoms with Gasteiger partial charge in [0.05, 0.1) is 10.6 Å². The number of benzene rings is 1. The number of carbonyl (C=O) groups is 1. The first kappa shape index (κ1) is 15.8. The molecular weight excluding hydrogens is 330 g/mol. The van der Waals surface area contributed by atoms with Crippen LogP contribution in [0.3, 0.4) is 0 Å². The van der Waals surface area contributed by atoms with E-state index in [9.17, 15) is 9.90 Å². The van der Waals surface area contributed by atoms with Gasteiger partial charge in [0, 0.05) is 22.4 Å². The lowest BCUT2D eigenvalue weighted by Crippen LogP contribution is -2.22. The summed E-state index contributed by atoms with van der Waals surface area (Å²) in [7, 11) is 0. The van der Waals surface area contributed by atoms with Crippen LogP contribution in [0.2, 0.25) is 5.02 Å². The minimum absolute atomic E-state index is 0.000527. The van der Waals surface area contributed by atoms with E-state index >= 15 is 0 Å². The Morgan fingerprint density at radius 3 is 2.74 bits per heavy atom. The highest BCUT2D eigenvalue weighted by atomic mass is 35.5. The summed E-state index contributed by atoms with van der Waals surface area (Å²) in [6.07, 6.45) is 0.427. The summed E-state index contributed by atoms with van der Waals surface area (Å²) in [6, 6.07) is 13.8. The minimum atomic E-state index is -1.04. The Labute approximate surface area is 143 Å². The van der Waals surface area contributed by atoms with Crippen LogP contribution >= 0.6 is 22.9 Å². The second-order valence-electron chi connectivity index (χ2n) is 5.33. The Morgan fingerprint density at radius 2 is 2.09 bits per heavy atom. The first-order chi connectivity index (χ1) is 11.1. The molecule has 5 heteroatoms. The van der Waals surface area contributed by atoms with Crippen LogP contribution in [0.1, 0.15) is 17.7 Å². The molecule has 0 aliphatic rings. The Kier molecular flexibility index (Phi) is 4.55. The SMILES string of the molecule is Cc1cc(Cl)ccc1-n1c(CCC(=O)[O-])ccc1-c1cccs1. The number of hydrogen-bond donors (Lipinski definition) is 0. The Hall–Kier alpha value is -2.04. The van der Waals surface area contributed by atoms with Crippen LogP contribution in [0.25, 0.3) is 16.3 Å². The lowest BCUT2D eigenvalue weighted by molar-refractivity contribution is -0.305. The van der Waals surface area contributed by atoms with Crippen molar-refractivity contribution in [3.05, 3.63) is 64.1 Å². The first-order valence-electron chi connectivity index (χ1n) is 7.27. The van der Waals surface area contributed by atoms with Gasteiger partial charge in [0.25, 0.3) is 0 Å². The molecule has 118 valence electrons. The topological polar surface area (TPSA) is 45.1 Å². The summed E-state index contributed by atoms with van der Waals surface area (Å²) < 4.78 is 2.11. The number of hydrogen-bond acceptors (Lipinski definition) is 3. The highest BCUT2D eigenvalue weighted by Gasteiger charge is 2.14. The number of carbonyl (C=O) groups excluding carboxylic acids is 1. The van der Waals surface area contributed by atoms with Crippen LogP contribution in [0.15, 0.2) is 47.8 Å². The van der Waals surface area contributed by atoms with E-state index in [2.05, 4.69) is 10.6 Å². The molecule has 0 atom stereocenters. The number of halogens is 1. The van der Waals surface area contributed by atoms with Crippen LogP contribution in [0.4, 0.5) is 0 Å². The van der Waals surface area contributed by atoms with Crippen molar-refractivity contribution in [2.24, 2.45) is 0 Å². The number of thiophene rings is 1. The molecule has 0 bridgehead atoms. The summed E-state index contributed by atoms with van der Waals surface area (Å²) >= 11 is 7.72. The van der Waals surface area contributed by atoms with Gasteiger partial charge < -0.3 is 14.5 Å². The number of aliphatic carboxylic acids is 1. The molecule has 0 saturated carbocycles. The predicted molar refractivity (Wildman–Crippen MR) is 92.2 cm³/mol. The van der Waals surface area contributed by atoms with Crippen molar-refractivity contribution in [1.82, 2.24) is 4.57 Å². The molecule has 2 heterocycles. The second kappa shape index (κ2) is 6.60. The van der Waals surface area contributed by atoms with Gasteiger partial charge in [0.1, 0.15) is 0 Å². The summed E-state index contributed by atoms with van der Waals surface area (Å²) in [5.74, 6) is -1.04. The molecule has 2 aromatic heterocycles. The van der Waals surface area contributed by atoms with Gasteiger partial charge in [-0.2, -0.15) is 0 Å². The van der Waals surface area contributed by atoms with Gasteiger partial charge in [0.2, 0.25) is 0 Å². The average molecular weight is 345 g/mol. The van der Waals surface area contributed by atoms with Crippen LogP contribution in [-0.2, 0) is 11.2 Å². The smallest absolute Gasteiger partial charge is 0.0631 e. The Morgan fingerprint density at radius 1 is 1.26 bits per heavy atom. The molecule has 0 radical (unpaired) electrons. The molecule has 23 heavy (non-hydrogen) atoms. The molecular formula is C18H15ClNO2S-. The number of aryl methyl sites for hydroxylation is 2. The quantitative estimate of drug-likeness (QED) is 0.705. The van der Waals surface area contributed by atoms with E-state index < -0.39 is 5.97 Å². The molecule has 0 saturated heterocycles. The molecule has 0 spiro atoms. The van der Waals surface area contributed by atoms with E-state index in [1.165, 1.54) is 0 Å². The highest BCUT2D eigenvalue weighted by Crippen LogP contribution is 2.32. The van der Waals surface area contributed by atoms with Gasteiger partial charge >= 0.3 is 0 Å². The number of nitrogens with zero attached hydrogens (tertiary/aromatic N) is 1. The maximum atomic E-state index is 10.8. The molecule has 1 aromatic carbocycles. The second-order valence-corrected chi connectivity index (χ2v) is 6.71. The van der Waals surface area contributed by atoms with Crippen LogP contribution in [0, 0.1) is 6.92 Å². The number of carboxylic acid groups (broad SMARTS) is 1. The molecule has 3 aromatic rings. The molecule has 0 amide bonds. The molecule has 3 nitrogen and oxygen atoms in total. The maximum Gasteiger partial charge on any atom is 0.0631 e. The molecule has 0 unspecified atom stereocenters. The van der Waals surface area contributed by atoms with Gasteiger partial charge in [-0.1, -0.05) is 17.7 Å². The molecule has 0 N–H and O–H groups in total. The van der Waals surface area contributed by atoms with Crippen LogP contribution in [-0.4, -0.2) is 10.5 Å². The number of aromatic nitrogens is 1. The van der Waals surface area contributed by atoms with E-state index in [4.69, 9.17) is 11.6 Å². The van der Waals surface area contributed by atoms with Crippen molar-refractivity contribution in [2.45, 2.75) is 19.8 Å². The van der Waals surface area contributed by atoms with Crippen molar-refractivity contribution in [1.29, 1.82) is 0 Å². The lowest BCUT2D eigenvalue weighted by atomic mass is 10.1. The molecule has 3 rings (SSSR count). The zero-order valence-electron chi connectivity index (χ0n) is 12.6. The third kappa shape index (κ3) is 3.33. The summed E-state index contributed by atoms with van der Waals surface area (Å²) in [5, 5.41) is 13.5. The number of rotatable bonds is 5. The third-order valence-corrected chi connectivity index (χ3v) is 4.85. The molecule has 0 aliphatic carbocycles. The number of carboxylic acids is 1. The largest absolute Gasteiger partial charge is 0.550 e. The van der Waals surface area contributed by atoms with Crippen molar-refractivity contribution in [2.75, 3.05) is 0 Å². The van der Waals surface area contributed by atoms with Gasteiger partial charge in [-0.25, -0.2) is 0 Å². The van der Waals surface area contributed by atoms with Gasteiger partial charge in [-0.15, -0.1) is 11.3 Å². The van der Waals surface area contributed by atoms with Crippen molar-refractivity contribution >= 4 is 28.9 Å². The monoisotopic (exact) mass is 344 g/mol. The third-order valence-electron chi connectivity index (χ3n) is 3.72. The van der Waals surface area contributed by atoms with E-state index in [0.717, 1.165) is 27.5 Å². The lowest BCUT2D eigenvalue weighted by Gasteiger charge is -2.16. The van der Waals surface area contributed by atoms with Gasteiger partial charge in [-0.3, -0.25) is 0 Å². The zero-order chi connectivity index (χ0) is 16.4. The zero-order valence-corrected chi connectivity index (χ0v) is 14.2. The van der Waals surface area contributed by atoms with E-state index in [-0.39, 0.29) is 6.42 Å². The standard InChI is InChI=1S/C18H16ClNO2S/c1-12-11-13(19)4-7-15(12)20-14(6-9-18(21)22)5-8-16(20)17-3-2-10-23-17/h2-5,7-8,10-11H,6,9H2,1H3,(H,21,22)/p-1. The Balaban J connectivity index is 2.14. The van der Waals surface area contributed by atoms with E-state index in [1.807, 2.05) is 48.7 Å². The summed E-state index contributed by atoms with van der Waals surface area (Å²) in [6.45, 7) is 2.00. The fraction of sp³-hybridized carbons (Fsp3) is 0.167. The minimum Gasteiger partial charge on any atom is -0.550 e. The van der Waals surface area contributed by atoms with Crippen LogP contribution in [0.5, 0.6) is 0 Å². The van der Waals surface area contributed by atoms with Crippen molar-refractivity contribution in [3.63, 3.8) is 0 Å². The normalized spacial score (nSPS) is 10.9. The fourth-order valence-corrected chi connectivity index (χ4v) is 3.64. The predicted octanol–water partition coefficient (Wildman–Crippen LogP) is 3.85. The first-order valence-corrected chi connectivity index (χ1v) is 8.53. The van der Waals surface area contributed by atoms with E-state index in [0.29, 0.717) is 11.4 Å². The average Bonchev–Trinajstić information content (AvgIpc) is 3.14. The molecule has 0 aliphatic heterocycles. The van der Waals surface area contributed by atoms with Gasteiger partial charge in [-0.05, 0) is 67.1 Å². The van der Waals surface area contributed by atoms with E-state index in [1.54, 1.807) is 11.3 Å². The maximum absolute atomic E-state index is 10.8. The Bertz CT molecular complexity index is 837. The molecule has 0 fully saturated rings. The highest BCUT2D eigenvalue weighted by molar-refractivity contribution is 7.13. The van der Waals surface area contributed by atoms with Crippen molar-refractivity contribution < 1.29 is 9.90 Å². The fourth-order valence-electron chi connectivity index (χ4n) is 2.68. The van der Waals surface area contributed by atoms with Gasteiger partial charge in [0.15, 0.2) is 0 Å².